The minimum Gasteiger partial charge on any atom is -0.481 e. The fraction of sp³-hybridized carbons (Fsp3) is 0.593. The van der Waals surface area contributed by atoms with Crippen LogP contribution in [0.25, 0.3) is 11.3 Å². The molecule has 1 aliphatic carbocycles. The highest BCUT2D eigenvalue weighted by molar-refractivity contribution is 5.79. The number of aliphatic carboxylic acids is 1. The van der Waals surface area contributed by atoms with Gasteiger partial charge in [0.1, 0.15) is 0 Å². The van der Waals surface area contributed by atoms with Crippen molar-refractivity contribution in [3.63, 3.8) is 0 Å². The maximum Gasteiger partial charge on any atom is 0.305 e. The summed E-state index contributed by atoms with van der Waals surface area (Å²) in [5.74, 6) is -6.91. The average molecular weight is 539 g/mol. The van der Waals surface area contributed by atoms with E-state index in [1.807, 2.05) is 0 Å². The lowest BCUT2D eigenvalue weighted by atomic mass is 9.99. The van der Waals surface area contributed by atoms with Crippen LogP contribution in [0.3, 0.4) is 0 Å². The summed E-state index contributed by atoms with van der Waals surface area (Å²) >= 11 is 0. The summed E-state index contributed by atoms with van der Waals surface area (Å²) in [6, 6.07) is 6.39. The highest BCUT2D eigenvalue weighted by Gasteiger charge is 2.41. The number of hydrogen-bond donors (Lipinski definition) is 1. The van der Waals surface area contributed by atoms with Gasteiger partial charge in [0.15, 0.2) is 5.82 Å². The molecule has 1 saturated heterocycles. The van der Waals surface area contributed by atoms with E-state index in [9.17, 15) is 32.3 Å². The molecule has 1 saturated carbocycles. The third kappa shape index (κ3) is 6.19. The summed E-state index contributed by atoms with van der Waals surface area (Å²) in [5.41, 5.74) is 0.546. The molecule has 2 aromatic rings. The van der Waals surface area contributed by atoms with Crippen LogP contribution in [-0.2, 0) is 15.5 Å². The maximum atomic E-state index is 14.5. The zero-order chi connectivity index (χ0) is 27.7. The molecular weight excluding hydrogens is 504 g/mol. The van der Waals surface area contributed by atoms with Crippen molar-refractivity contribution in [1.82, 2.24) is 14.7 Å². The number of amides is 1. The van der Waals surface area contributed by atoms with Gasteiger partial charge in [0.25, 0.3) is 11.8 Å². The Balaban J connectivity index is 1.72. The minimum absolute atomic E-state index is 0.0468. The summed E-state index contributed by atoms with van der Waals surface area (Å²) in [5, 5.41) is 14.2. The maximum absolute atomic E-state index is 14.5. The molecule has 1 N–H and O–H groups in total. The summed E-state index contributed by atoms with van der Waals surface area (Å²) in [7, 11) is 0. The van der Waals surface area contributed by atoms with Crippen LogP contribution in [0, 0.1) is 0 Å². The Morgan fingerprint density at radius 1 is 1.29 bits per heavy atom. The van der Waals surface area contributed by atoms with Crippen LogP contribution in [0.15, 0.2) is 30.3 Å². The molecular formula is C27H34F4N4O3. The van der Waals surface area contributed by atoms with E-state index < -0.39 is 42.9 Å². The van der Waals surface area contributed by atoms with Gasteiger partial charge in [0.05, 0.1) is 30.7 Å². The molecule has 2 heterocycles. The first-order valence-corrected chi connectivity index (χ1v) is 13.0. The van der Waals surface area contributed by atoms with Gasteiger partial charge in [-0.25, -0.2) is 17.6 Å². The van der Waals surface area contributed by atoms with Crippen LogP contribution < -0.4 is 4.90 Å². The first-order chi connectivity index (χ1) is 17.9. The molecule has 0 bridgehead atoms. The second-order valence-electron chi connectivity index (χ2n) is 10.6. The van der Waals surface area contributed by atoms with Crippen molar-refractivity contribution in [2.24, 2.45) is 0 Å². The minimum atomic E-state index is -3.12. The van der Waals surface area contributed by atoms with E-state index in [4.69, 9.17) is 0 Å². The molecule has 1 aromatic carbocycles. The van der Waals surface area contributed by atoms with Crippen LogP contribution in [0.4, 0.5) is 23.4 Å². The lowest BCUT2D eigenvalue weighted by Gasteiger charge is -2.31. The van der Waals surface area contributed by atoms with Crippen molar-refractivity contribution in [3.8, 4) is 11.3 Å². The summed E-state index contributed by atoms with van der Waals surface area (Å²) in [4.78, 5) is 26.9. The smallest absolute Gasteiger partial charge is 0.305 e. The number of hydrogen-bond acceptors (Lipinski definition) is 4. The number of carboxylic acid groups (broad SMARTS) is 1. The van der Waals surface area contributed by atoms with Crippen LogP contribution in [0.1, 0.15) is 70.4 Å². The van der Waals surface area contributed by atoms with E-state index >= 15 is 0 Å². The molecule has 0 unspecified atom stereocenters. The standard InChI is InChI=1S/C27H34F4N4O3/c1-18(33-12-11-27(30,31)16-33)13-20(14-25(37)38)34(17-36)24-15-23(35(32-24)19-7-3-4-8-19)21-9-5-6-10-22(21)26(2,28)29/h5-6,9-10,15,17-20H,3-4,7-8,11-14,16H2,1-2H3,(H,37,38)/t18-,20-/m0/s1. The number of halogens is 4. The van der Waals surface area contributed by atoms with E-state index in [1.54, 1.807) is 34.7 Å². The number of alkyl halides is 4. The summed E-state index contributed by atoms with van der Waals surface area (Å²) < 4.78 is 58.4. The molecule has 1 aliphatic heterocycles. The van der Waals surface area contributed by atoms with Crippen LogP contribution in [0.5, 0.6) is 0 Å². The SMILES string of the molecule is C[C@@H](C[C@@H](CC(=O)O)N(C=O)c1cc(-c2ccccc2C(C)(F)F)n(C2CCCC2)n1)N1CCC(F)(F)C1. The van der Waals surface area contributed by atoms with Gasteiger partial charge < -0.3 is 5.11 Å². The number of carbonyl (C=O) groups is 2. The van der Waals surface area contributed by atoms with Crippen LogP contribution >= 0.6 is 0 Å². The number of benzene rings is 1. The molecule has 0 spiro atoms. The number of aromatic nitrogens is 2. The molecule has 2 atom stereocenters. The molecule has 1 amide bonds. The predicted molar refractivity (Wildman–Crippen MR) is 135 cm³/mol. The van der Waals surface area contributed by atoms with Crippen molar-refractivity contribution in [3.05, 3.63) is 35.9 Å². The van der Waals surface area contributed by atoms with E-state index in [2.05, 4.69) is 5.10 Å². The topological polar surface area (TPSA) is 78.7 Å². The van der Waals surface area contributed by atoms with E-state index in [0.717, 1.165) is 32.6 Å². The first kappa shape index (κ1) is 28.1. The number of rotatable bonds is 11. The van der Waals surface area contributed by atoms with Crippen LogP contribution in [-0.4, -0.2) is 63.3 Å². The fourth-order valence-electron chi connectivity index (χ4n) is 5.73. The average Bonchev–Trinajstić information content (AvgIpc) is 3.58. The first-order valence-electron chi connectivity index (χ1n) is 13.0. The Morgan fingerprint density at radius 3 is 2.55 bits per heavy atom. The molecule has 38 heavy (non-hydrogen) atoms. The van der Waals surface area contributed by atoms with E-state index in [-0.39, 0.29) is 36.8 Å². The number of nitrogens with zero attached hydrogens (tertiary/aromatic N) is 4. The Bertz CT molecular complexity index is 1140. The molecule has 2 aliphatic rings. The van der Waals surface area contributed by atoms with E-state index in [0.29, 0.717) is 17.7 Å². The fourth-order valence-corrected chi connectivity index (χ4v) is 5.73. The lowest BCUT2D eigenvalue weighted by molar-refractivity contribution is -0.137. The third-order valence-electron chi connectivity index (χ3n) is 7.69. The van der Waals surface area contributed by atoms with Crippen molar-refractivity contribution in [2.75, 3.05) is 18.0 Å². The van der Waals surface area contributed by atoms with Gasteiger partial charge >= 0.3 is 5.97 Å². The molecule has 0 radical (unpaired) electrons. The van der Waals surface area contributed by atoms with Crippen LogP contribution in [0.2, 0.25) is 0 Å². The van der Waals surface area contributed by atoms with Gasteiger partial charge in [-0.3, -0.25) is 24.1 Å². The number of carbonyl (C=O) groups excluding carboxylic acids is 1. The number of likely N-dealkylation sites (tertiary alicyclic amines) is 1. The van der Waals surface area contributed by atoms with Gasteiger partial charge in [0, 0.05) is 43.1 Å². The zero-order valence-electron chi connectivity index (χ0n) is 21.6. The molecule has 7 nitrogen and oxygen atoms in total. The lowest BCUT2D eigenvalue weighted by Crippen LogP contribution is -2.43. The number of anilines is 1. The zero-order valence-corrected chi connectivity index (χ0v) is 21.6. The van der Waals surface area contributed by atoms with Gasteiger partial charge in [0.2, 0.25) is 6.41 Å². The van der Waals surface area contributed by atoms with E-state index in [1.165, 1.54) is 17.0 Å². The predicted octanol–water partition coefficient (Wildman–Crippen LogP) is 5.70. The largest absolute Gasteiger partial charge is 0.481 e. The highest BCUT2D eigenvalue weighted by Crippen LogP contribution is 2.40. The second-order valence-corrected chi connectivity index (χ2v) is 10.6. The Kier molecular flexibility index (Phi) is 8.15. The van der Waals surface area contributed by atoms with Crippen molar-refractivity contribution in [2.45, 2.75) is 88.8 Å². The van der Waals surface area contributed by atoms with Gasteiger partial charge in [-0.2, -0.15) is 5.10 Å². The molecule has 11 heteroatoms. The number of carboxylic acids is 1. The molecule has 1 aromatic heterocycles. The Hall–Kier alpha value is -2.95. The molecule has 208 valence electrons. The van der Waals surface area contributed by atoms with Crippen molar-refractivity contribution < 1.29 is 32.3 Å². The molecule has 2 fully saturated rings. The third-order valence-corrected chi connectivity index (χ3v) is 7.69. The van der Waals surface area contributed by atoms with Gasteiger partial charge in [-0.15, -0.1) is 0 Å². The Labute approximate surface area is 219 Å². The quantitative estimate of drug-likeness (QED) is 0.293. The monoisotopic (exact) mass is 538 g/mol. The summed E-state index contributed by atoms with van der Waals surface area (Å²) in [6.45, 7) is 2.32. The highest BCUT2D eigenvalue weighted by atomic mass is 19.3. The Morgan fingerprint density at radius 2 is 1.97 bits per heavy atom. The van der Waals surface area contributed by atoms with Crippen molar-refractivity contribution >= 4 is 18.2 Å². The van der Waals surface area contributed by atoms with Gasteiger partial charge in [-0.1, -0.05) is 37.1 Å². The summed E-state index contributed by atoms with van der Waals surface area (Å²) in [6.07, 6.45) is 3.47. The second kappa shape index (κ2) is 11.0. The van der Waals surface area contributed by atoms with Gasteiger partial charge in [-0.05, 0) is 26.2 Å². The molecule has 4 rings (SSSR count). The normalized spacial score (nSPS) is 19.9. The van der Waals surface area contributed by atoms with Crippen molar-refractivity contribution in [1.29, 1.82) is 0 Å².